The summed E-state index contributed by atoms with van der Waals surface area (Å²) in [5.74, 6) is -0.192. The maximum atomic E-state index is 12.5. The molecule has 0 saturated carbocycles. The highest BCUT2D eigenvalue weighted by molar-refractivity contribution is 7.89. The van der Waals surface area contributed by atoms with Gasteiger partial charge in [-0.2, -0.15) is 0 Å². The second-order valence-electron chi connectivity index (χ2n) is 9.77. The van der Waals surface area contributed by atoms with Gasteiger partial charge < -0.3 is 19.5 Å². The van der Waals surface area contributed by atoms with Gasteiger partial charge in [0.2, 0.25) is 10.0 Å². The zero-order valence-corrected chi connectivity index (χ0v) is 24.0. The Morgan fingerprint density at radius 2 is 1.65 bits per heavy atom. The third kappa shape index (κ3) is 6.91. The molecule has 40 heavy (non-hydrogen) atoms. The van der Waals surface area contributed by atoms with Crippen LogP contribution in [-0.4, -0.2) is 64.3 Å². The van der Waals surface area contributed by atoms with Crippen molar-refractivity contribution in [3.63, 3.8) is 0 Å². The van der Waals surface area contributed by atoms with Gasteiger partial charge in [-0.05, 0) is 84.1 Å². The summed E-state index contributed by atoms with van der Waals surface area (Å²) in [6, 6.07) is 20.4. The first kappa shape index (κ1) is 29.3. The van der Waals surface area contributed by atoms with E-state index in [9.17, 15) is 18.3 Å². The molecule has 0 atom stereocenters. The van der Waals surface area contributed by atoms with Crippen LogP contribution < -0.4 is 9.64 Å². The number of hydrogen-bond donors (Lipinski definition) is 1. The first-order chi connectivity index (χ1) is 19.2. The molecule has 1 aliphatic heterocycles. The van der Waals surface area contributed by atoms with Crippen LogP contribution >= 0.6 is 0 Å². The molecule has 212 valence electrons. The standard InChI is InChI=1S/C31H36N2O6S/c1-4-5-18-38-19-20-39-28-11-6-23(7-12-28)24-8-15-30-26(21-24)22-25(31(34)35)16-17-33(30)27-9-13-29(14-10-27)40(36,37)32(2)3/h6-15,21-22H,4-5,16-20H2,1-3H3,(H,34,35). The Morgan fingerprint density at radius 1 is 0.950 bits per heavy atom. The summed E-state index contributed by atoms with van der Waals surface area (Å²) < 4.78 is 37.5. The van der Waals surface area contributed by atoms with E-state index in [2.05, 4.69) is 6.92 Å². The third-order valence-electron chi connectivity index (χ3n) is 6.78. The summed E-state index contributed by atoms with van der Waals surface area (Å²) in [6.07, 6.45) is 4.21. The van der Waals surface area contributed by atoms with Crippen LogP contribution in [0.25, 0.3) is 17.2 Å². The number of fused-ring (bicyclic) bond motifs is 1. The normalized spacial score (nSPS) is 13.5. The van der Waals surface area contributed by atoms with Crippen LogP contribution in [0.15, 0.2) is 77.2 Å². The largest absolute Gasteiger partial charge is 0.491 e. The van der Waals surface area contributed by atoms with Gasteiger partial charge in [-0.25, -0.2) is 17.5 Å². The Labute approximate surface area is 236 Å². The molecule has 0 fully saturated rings. The molecule has 1 heterocycles. The lowest BCUT2D eigenvalue weighted by Crippen LogP contribution is -2.22. The average molecular weight is 565 g/mol. The number of carboxylic acids is 1. The van der Waals surface area contributed by atoms with Crippen molar-refractivity contribution < 1.29 is 27.8 Å². The maximum absolute atomic E-state index is 12.5. The smallest absolute Gasteiger partial charge is 0.331 e. The highest BCUT2D eigenvalue weighted by atomic mass is 32.2. The lowest BCUT2D eigenvalue weighted by Gasteiger charge is -2.26. The number of rotatable bonds is 12. The highest BCUT2D eigenvalue weighted by Crippen LogP contribution is 2.37. The van der Waals surface area contributed by atoms with Crippen LogP contribution in [0.3, 0.4) is 0 Å². The van der Waals surface area contributed by atoms with E-state index in [1.807, 2.05) is 47.4 Å². The van der Waals surface area contributed by atoms with Crippen molar-refractivity contribution in [2.24, 2.45) is 0 Å². The fourth-order valence-corrected chi connectivity index (χ4v) is 5.37. The van der Waals surface area contributed by atoms with Gasteiger partial charge in [0.25, 0.3) is 0 Å². The monoisotopic (exact) mass is 564 g/mol. The van der Waals surface area contributed by atoms with Crippen LogP contribution in [0.4, 0.5) is 11.4 Å². The quantitative estimate of drug-likeness (QED) is 0.277. The van der Waals surface area contributed by atoms with E-state index in [1.54, 1.807) is 30.3 Å². The average Bonchev–Trinajstić information content (AvgIpc) is 3.15. The van der Waals surface area contributed by atoms with Crippen molar-refractivity contribution in [2.45, 2.75) is 31.1 Å². The van der Waals surface area contributed by atoms with E-state index in [0.29, 0.717) is 31.8 Å². The van der Waals surface area contributed by atoms with Crippen LogP contribution in [0.1, 0.15) is 31.7 Å². The van der Waals surface area contributed by atoms with Crippen molar-refractivity contribution >= 4 is 33.4 Å². The number of anilines is 2. The van der Waals surface area contributed by atoms with Gasteiger partial charge in [-0.15, -0.1) is 0 Å². The fourth-order valence-electron chi connectivity index (χ4n) is 4.46. The summed E-state index contributed by atoms with van der Waals surface area (Å²) in [5.41, 5.74) is 4.66. The van der Waals surface area contributed by atoms with Crippen molar-refractivity contribution in [3.05, 3.63) is 77.9 Å². The van der Waals surface area contributed by atoms with Crippen LogP contribution in [-0.2, 0) is 19.6 Å². The molecule has 0 unspecified atom stereocenters. The van der Waals surface area contributed by atoms with Gasteiger partial charge in [0, 0.05) is 44.2 Å². The second kappa shape index (κ2) is 13.1. The number of ether oxygens (including phenoxy) is 2. The van der Waals surface area contributed by atoms with Gasteiger partial charge in [-0.1, -0.05) is 31.5 Å². The molecule has 1 aliphatic rings. The predicted molar refractivity (Wildman–Crippen MR) is 158 cm³/mol. The topological polar surface area (TPSA) is 96.4 Å². The van der Waals surface area contributed by atoms with E-state index >= 15 is 0 Å². The van der Waals surface area contributed by atoms with E-state index in [1.165, 1.54) is 18.4 Å². The molecule has 0 aromatic heterocycles. The van der Waals surface area contributed by atoms with Crippen LogP contribution in [0.5, 0.6) is 5.75 Å². The summed E-state index contributed by atoms with van der Waals surface area (Å²) in [6.45, 7) is 4.36. The van der Waals surface area contributed by atoms with E-state index < -0.39 is 16.0 Å². The fraction of sp³-hybridized carbons (Fsp3) is 0.323. The number of nitrogens with zero attached hydrogens (tertiary/aromatic N) is 2. The number of sulfonamides is 1. The lowest BCUT2D eigenvalue weighted by molar-refractivity contribution is -0.132. The number of carboxylic acid groups (broad SMARTS) is 1. The minimum atomic E-state index is -3.55. The van der Waals surface area contributed by atoms with E-state index in [4.69, 9.17) is 9.47 Å². The maximum Gasteiger partial charge on any atom is 0.331 e. The summed E-state index contributed by atoms with van der Waals surface area (Å²) in [7, 11) is -0.558. The van der Waals surface area contributed by atoms with Crippen molar-refractivity contribution in [3.8, 4) is 16.9 Å². The number of carbonyl (C=O) groups is 1. The minimum Gasteiger partial charge on any atom is -0.491 e. The molecule has 3 aromatic carbocycles. The van der Waals surface area contributed by atoms with Gasteiger partial charge in [-0.3, -0.25) is 0 Å². The van der Waals surface area contributed by atoms with Crippen molar-refractivity contribution in [2.75, 3.05) is 45.4 Å². The third-order valence-corrected chi connectivity index (χ3v) is 8.61. The van der Waals surface area contributed by atoms with Gasteiger partial charge in [0.05, 0.1) is 11.5 Å². The van der Waals surface area contributed by atoms with Gasteiger partial charge in [0.15, 0.2) is 0 Å². The Bertz CT molecular complexity index is 1450. The SMILES string of the molecule is CCCCOCCOc1ccc(-c2ccc3c(c2)C=C(C(=O)O)CCN3c2ccc(S(=O)(=O)N(C)C)cc2)cc1. The van der Waals surface area contributed by atoms with Crippen LogP contribution in [0, 0.1) is 0 Å². The molecule has 9 heteroatoms. The second-order valence-corrected chi connectivity index (χ2v) is 11.9. The Hall–Kier alpha value is -3.66. The lowest BCUT2D eigenvalue weighted by atomic mass is 10.00. The molecular weight excluding hydrogens is 528 g/mol. The van der Waals surface area contributed by atoms with E-state index in [-0.39, 0.29) is 4.90 Å². The molecule has 3 aromatic rings. The molecule has 0 aliphatic carbocycles. The Balaban J connectivity index is 1.57. The van der Waals surface area contributed by atoms with Gasteiger partial charge >= 0.3 is 5.97 Å². The van der Waals surface area contributed by atoms with Crippen LogP contribution in [0.2, 0.25) is 0 Å². The zero-order valence-electron chi connectivity index (χ0n) is 23.2. The van der Waals surface area contributed by atoms with E-state index in [0.717, 1.165) is 53.3 Å². The summed E-state index contributed by atoms with van der Waals surface area (Å²) in [5, 5.41) is 9.79. The molecule has 8 nitrogen and oxygen atoms in total. The number of benzene rings is 3. The zero-order chi connectivity index (χ0) is 28.7. The molecule has 0 bridgehead atoms. The molecule has 1 N–H and O–H groups in total. The van der Waals surface area contributed by atoms with Crippen molar-refractivity contribution in [1.82, 2.24) is 4.31 Å². The molecule has 0 spiro atoms. The molecule has 0 saturated heterocycles. The molecule has 0 amide bonds. The number of aliphatic carboxylic acids is 1. The number of hydrogen-bond acceptors (Lipinski definition) is 6. The Morgan fingerprint density at radius 3 is 2.30 bits per heavy atom. The number of unbranched alkanes of at least 4 members (excludes halogenated alkanes) is 1. The summed E-state index contributed by atoms with van der Waals surface area (Å²) in [4.78, 5) is 14.2. The molecule has 4 rings (SSSR count). The summed E-state index contributed by atoms with van der Waals surface area (Å²) >= 11 is 0. The predicted octanol–water partition coefficient (Wildman–Crippen LogP) is 5.81. The first-order valence-electron chi connectivity index (χ1n) is 13.4. The minimum absolute atomic E-state index is 0.201. The molecular formula is C31H36N2O6S. The highest BCUT2D eigenvalue weighted by Gasteiger charge is 2.22. The molecule has 0 radical (unpaired) electrons. The van der Waals surface area contributed by atoms with Crippen molar-refractivity contribution in [1.29, 1.82) is 0 Å². The Kier molecular flexibility index (Phi) is 9.63. The van der Waals surface area contributed by atoms with Gasteiger partial charge in [0.1, 0.15) is 12.4 Å². The first-order valence-corrected chi connectivity index (χ1v) is 14.8.